The highest BCUT2D eigenvalue weighted by atomic mass is 35.5. The number of hydrogen-bond donors (Lipinski definition) is 0. The molecule has 0 saturated carbocycles. The zero-order valence-corrected chi connectivity index (χ0v) is 23.9. The van der Waals surface area contributed by atoms with Crippen LogP contribution in [0.3, 0.4) is 0 Å². The number of carbonyl (C=O) groups is 2. The summed E-state index contributed by atoms with van der Waals surface area (Å²) in [7, 11) is 2.69. The fraction of sp³-hybridized carbons (Fsp3) is 0.0625. The first kappa shape index (κ1) is 28.6. The maximum atomic E-state index is 11.8. The summed E-state index contributed by atoms with van der Waals surface area (Å²) in [5, 5.41) is 1.32. The predicted octanol–water partition coefficient (Wildman–Crippen LogP) is 7.47. The van der Waals surface area contributed by atoms with Crippen LogP contribution in [-0.2, 0) is 9.47 Å². The van der Waals surface area contributed by atoms with Gasteiger partial charge in [-0.2, -0.15) is 0 Å². The number of carbonyl (C=O) groups excluding carboxylic acids is 2. The van der Waals surface area contributed by atoms with Crippen molar-refractivity contribution in [3.05, 3.63) is 118 Å². The number of esters is 2. The van der Waals surface area contributed by atoms with E-state index in [-0.39, 0.29) is 0 Å². The molecule has 4 aromatic carbocycles. The van der Waals surface area contributed by atoms with E-state index in [4.69, 9.17) is 32.7 Å². The number of rotatable bonds is 4. The van der Waals surface area contributed by atoms with Gasteiger partial charge < -0.3 is 9.47 Å². The molecule has 2 aromatic heterocycles. The van der Waals surface area contributed by atoms with Crippen molar-refractivity contribution in [1.82, 2.24) is 19.9 Å². The molecule has 0 aliphatic rings. The highest BCUT2D eigenvalue weighted by Gasteiger charge is 2.14. The summed E-state index contributed by atoms with van der Waals surface area (Å²) in [5.74, 6) is -0.850. The standard InChI is InChI=1S/2C16H11ClN2O2/c1-21-16(20)12-3-2-4-13-15(12)18-9-14(19-13)10-5-7-11(17)8-6-10;1-21-16(20)12-3-2-4-13-15(12)19-14(9-18-13)10-5-7-11(17)8-6-10/h2*2-9H,1H3. The number of ether oxygens (including phenoxy) is 2. The molecule has 0 aliphatic carbocycles. The maximum absolute atomic E-state index is 11.8. The average Bonchev–Trinajstić information content (AvgIpc) is 3.04. The van der Waals surface area contributed by atoms with Gasteiger partial charge >= 0.3 is 11.9 Å². The first-order chi connectivity index (χ1) is 20.4. The minimum atomic E-state index is -0.428. The van der Waals surface area contributed by atoms with Crippen molar-refractivity contribution in [2.75, 3.05) is 14.2 Å². The number of aromatic nitrogens is 4. The number of halogens is 2. The first-order valence-electron chi connectivity index (χ1n) is 12.6. The van der Waals surface area contributed by atoms with Crippen LogP contribution in [0.1, 0.15) is 20.7 Å². The third-order valence-corrected chi connectivity index (χ3v) is 6.74. The molecule has 6 aromatic rings. The Morgan fingerprint density at radius 2 is 1.05 bits per heavy atom. The third kappa shape index (κ3) is 6.20. The van der Waals surface area contributed by atoms with E-state index in [2.05, 4.69) is 19.9 Å². The monoisotopic (exact) mass is 596 g/mol. The second-order valence-corrected chi connectivity index (χ2v) is 9.73. The summed E-state index contributed by atoms with van der Waals surface area (Å²) in [6.45, 7) is 0. The van der Waals surface area contributed by atoms with Gasteiger partial charge in [-0.1, -0.05) is 59.6 Å². The Hall–Kier alpha value is -4.92. The number of fused-ring (bicyclic) bond motifs is 2. The van der Waals surface area contributed by atoms with E-state index in [1.54, 1.807) is 67.0 Å². The molecule has 0 spiro atoms. The molecule has 0 saturated heterocycles. The van der Waals surface area contributed by atoms with Crippen LogP contribution in [0.2, 0.25) is 10.0 Å². The SMILES string of the molecule is COC(=O)c1cccc2nc(-c3ccc(Cl)cc3)cnc12.COC(=O)c1cccc2ncc(-c3ccc(Cl)cc3)nc12. The van der Waals surface area contributed by atoms with Crippen LogP contribution in [0.5, 0.6) is 0 Å². The smallest absolute Gasteiger partial charge is 0.340 e. The van der Waals surface area contributed by atoms with Gasteiger partial charge in [0.2, 0.25) is 0 Å². The lowest BCUT2D eigenvalue weighted by atomic mass is 10.1. The van der Waals surface area contributed by atoms with Crippen LogP contribution in [0.4, 0.5) is 0 Å². The Kier molecular flexibility index (Phi) is 8.66. The van der Waals surface area contributed by atoms with Crippen LogP contribution in [0.25, 0.3) is 44.6 Å². The van der Waals surface area contributed by atoms with Crippen molar-refractivity contribution in [3.63, 3.8) is 0 Å². The van der Waals surface area contributed by atoms with E-state index >= 15 is 0 Å². The third-order valence-electron chi connectivity index (χ3n) is 6.24. The summed E-state index contributed by atoms with van der Waals surface area (Å²) < 4.78 is 9.53. The van der Waals surface area contributed by atoms with Crippen molar-refractivity contribution in [3.8, 4) is 22.5 Å². The summed E-state index contributed by atoms with van der Waals surface area (Å²) in [6, 6.07) is 25.1. The highest BCUT2D eigenvalue weighted by Crippen LogP contribution is 2.24. The van der Waals surface area contributed by atoms with Gasteiger partial charge in [0.1, 0.15) is 11.0 Å². The molecular formula is C32H22Cl2N4O4. The fourth-order valence-corrected chi connectivity index (χ4v) is 4.40. The predicted molar refractivity (Wildman–Crippen MR) is 163 cm³/mol. The number of nitrogens with zero attached hydrogens (tertiary/aromatic N) is 4. The van der Waals surface area contributed by atoms with Crippen LogP contribution in [-0.4, -0.2) is 46.1 Å². The molecule has 0 unspecified atom stereocenters. The van der Waals surface area contributed by atoms with Gasteiger partial charge in [-0.25, -0.2) is 19.6 Å². The van der Waals surface area contributed by atoms with E-state index in [0.717, 1.165) is 16.8 Å². The number of para-hydroxylation sites is 2. The van der Waals surface area contributed by atoms with Gasteiger partial charge in [-0.15, -0.1) is 0 Å². The fourth-order valence-electron chi connectivity index (χ4n) is 4.14. The molecule has 6 rings (SSSR count). The van der Waals surface area contributed by atoms with Crippen LogP contribution < -0.4 is 0 Å². The Bertz CT molecular complexity index is 1910. The van der Waals surface area contributed by atoms with E-state index in [1.807, 2.05) is 30.3 Å². The lowest BCUT2D eigenvalue weighted by Gasteiger charge is -2.06. The zero-order valence-electron chi connectivity index (χ0n) is 22.4. The van der Waals surface area contributed by atoms with Gasteiger partial charge in [0, 0.05) is 21.2 Å². The van der Waals surface area contributed by atoms with Gasteiger partial charge in [0.25, 0.3) is 0 Å². The summed E-state index contributed by atoms with van der Waals surface area (Å²) in [4.78, 5) is 41.3. The van der Waals surface area contributed by atoms with Gasteiger partial charge in [0.15, 0.2) is 0 Å². The van der Waals surface area contributed by atoms with Crippen LogP contribution in [0.15, 0.2) is 97.3 Å². The van der Waals surface area contributed by atoms with Crippen LogP contribution in [0, 0.1) is 0 Å². The quantitative estimate of drug-likeness (QED) is 0.193. The lowest BCUT2D eigenvalue weighted by molar-refractivity contribution is 0.0593. The Labute approximate surface area is 250 Å². The molecular weight excluding hydrogens is 575 g/mol. The zero-order chi connectivity index (χ0) is 29.6. The lowest BCUT2D eigenvalue weighted by Crippen LogP contribution is -2.03. The summed E-state index contributed by atoms with van der Waals surface area (Å²) >= 11 is 11.8. The minimum Gasteiger partial charge on any atom is -0.465 e. The average molecular weight is 597 g/mol. The topological polar surface area (TPSA) is 104 Å². The van der Waals surface area contributed by atoms with Crippen molar-refractivity contribution in [2.45, 2.75) is 0 Å². The summed E-state index contributed by atoms with van der Waals surface area (Å²) in [5.41, 5.74) is 6.35. The second-order valence-electron chi connectivity index (χ2n) is 8.85. The molecule has 0 atom stereocenters. The second kappa shape index (κ2) is 12.7. The van der Waals surface area contributed by atoms with Crippen molar-refractivity contribution in [1.29, 1.82) is 0 Å². The Morgan fingerprint density at radius 1 is 0.571 bits per heavy atom. The summed E-state index contributed by atoms with van der Waals surface area (Å²) in [6.07, 6.45) is 3.31. The molecule has 208 valence electrons. The van der Waals surface area contributed by atoms with Crippen molar-refractivity contribution >= 4 is 57.2 Å². The highest BCUT2D eigenvalue weighted by molar-refractivity contribution is 6.31. The normalized spacial score (nSPS) is 10.6. The minimum absolute atomic E-state index is 0.401. The molecule has 10 heteroatoms. The van der Waals surface area contributed by atoms with Crippen molar-refractivity contribution in [2.24, 2.45) is 0 Å². The largest absolute Gasteiger partial charge is 0.465 e. The molecule has 2 heterocycles. The van der Waals surface area contributed by atoms with E-state index in [9.17, 15) is 9.59 Å². The van der Waals surface area contributed by atoms with Gasteiger partial charge in [-0.05, 0) is 48.5 Å². The molecule has 0 amide bonds. The molecule has 0 radical (unpaired) electrons. The number of hydrogen-bond acceptors (Lipinski definition) is 8. The first-order valence-corrected chi connectivity index (χ1v) is 13.3. The molecule has 0 fully saturated rings. The van der Waals surface area contributed by atoms with Crippen LogP contribution >= 0.6 is 23.2 Å². The van der Waals surface area contributed by atoms with E-state index in [1.165, 1.54) is 14.2 Å². The van der Waals surface area contributed by atoms with E-state index < -0.39 is 11.9 Å². The molecule has 0 aliphatic heterocycles. The van der Waals surface area contributed by atoms with E-state index in [0.29, 0.717) is 48.9 Å². The maximum Gasteiger partial charge on any atom is 0.340 e. The molecule has 0 N–H and O–H groups in total. The van der Waals surface area contributed by atoms with Gasteiger partial charge in [0.05, 0.1) is 60.2 Å². The van der Waals surface area contributed by atoms with Gasteiger partial charge in [-0.3, -0.25) is 9.97 Å². The molecule has 8 nitrogen and oxygen atoms in total. The number of methoxy groups -OCH3 is 2. The molecule has 42 heavy (non-hydrogen) atoms. The molecule has 0 bridgehead atoms. The Balaban J connectivity index is 0.000000168. The number of benzene rings is 4. The Morgan fingerprint density at radius 3 is 1.60 bits per heavy atom. The van der Waals surface area contributed by atoms with Crippen molar-refractivity contribution < 1.29 is 19.1 Å².